The van der Waals surface area contributed by atoms with Crippen LogP contribution in [0, 0.1) is 10.8 Å². The van der Waals surface area contributed by atoms with Gasteiger partial charge in [-0.05, 0) is 43.9 Å². The summed E-state index contributed by atoms with van der Waals surface area (Å²) in [4.78, 5) is 14.4. The fourth-order valence-electron chi connectivity index (χ4n) is 3.67. The minimum absolute atomic E-state index is 0.0224. The molecule has 1 amide bonds. The van der Waals surface area contributed by atoms with Gasteiger partial charge in [0.15, 0.2) is 0 Å². The smallest absolute Gasteiger partial charge is 0.228 e. The summed E-state index contributed by atoms with van der Waals surface area (Å²) < 4.78 is 0. The lowest BCUT2D eigenvalue weighted by molar-refractivity contribution is -0.145. The summed E-state index contributed by atoms with van der Waals surface area (Å²) in [5.41, 5.74) is 0.342. The molecular formula is C13H19NO. The molecule has 0 aromatic rings. The van der Waals surface area contributed by atoms with E-state index in [0.717, 1.165) is 32.4 Å². The number of likely N-dealkylation sites (tertiary alicyclic amines) is 1. The molecule has 0 unspecified atom stereocenters. The lowest BCUT2D eigenvalue weighted by Crippen LogP contribution is -2.48. The zero-order valence-corrected chi connectivity index (χ0v) is 9.30. The van der Waals surface area contributed by atoms with Crippen molar-refractivity contribution in [2.75, 3.05) is 13.1 Å². The summed E-state index contributed by atoms with van der Waals surface area (Å²) in [6, 6.07) is 0. The number of amides is 1. The van der Waals surface area contributed by atoms with Gasteiger partial charge in [-0.15, -0.1) is 6.58 Å². The molecule has 3 fully saturated rings. The Balaban J connectivity index is 1.81. The summed E-state index contributed by atoms with van der Waals surface area (Å²) in [6.45, 7) is 5.96. The predicted octanol–water partition coefficient (Wildman–Crippen LogP) is 2.36. The Morgan fingerprint density at radius 1 is 1.20 bits per heavy atom. The molecule has 1 aliphatic heterocycles. The van der Waals surface area contributed by atoms with Crippen LogP contribution in [0.4, 0.5) is 0 Å². The van der Waals surface area contributed by atoms with E-state index >= 15 is 0 Å². The maximum Gasteiger partial charge on any atom is 0.228 e. The number of rotatable bonds is 2. The maximum atomic E-state index is 12.4. The van der Waals surface area contributed by atoms with Crippen molar-refractivity contribution in [3.63, 3.8) is 0 Å². The molecule has 2 heteroatoms. The molecule has 82 valence electrons. The first kappa shape index (κ1) is 9.44. The quantitative estimate of drug-likeness (QED) is 0.634. The largest absolute Gasteiger partial charge is 0.342 e. The third kappa shape index (κ3) is 1.14. The Hall–Kier alpha value is -0.790. The summed E-state index contributed by atoms with van der Waals surface area (Å²) in [6.07, 6.45) is 8.99. The Kier molecular flexibility index (Phi) is 1.80. The molecule has 2 nitrogen and oxygen atoms in total. The number of fused-ring (bicyclic) bond motifs is 2. The van der Waals surface area contributed by atoms with Gasteiger partial charge < -0.3 is 4.90 Å². The highest BCUT2D eigenvalue weighted by atomic mass is 16.2. The monoisotopic (exact) mass is 205 g/mol. The van der Waals surface area contributed by atoms with Gasteiger partial charge in [0.25, 0.3) is 0 Å². The number of hydrogen-bond donors (Lipinski definition) is 0. The molecule has 0 spiro atoms. The van der Waals surface area contributed by atoms with E-state index in [9.17, 15) is 4.79 Å². The minimum atomic E-state index is 0.0224. The predicted molar refractivity (Wildman–Crippen MR) is 59.3 cm³/mol. The molecule has 0 atom stereocenters. The van der Waals surface area contributed by atoms with Gasteiger partial charge in [0.2, 0.25) is 5.91 Å². The molecule has 3 rings (SSSR count). The molecule has 1 saturated heterocycles. The van der Waals surface area contributed by atoms with Crippen LogP contribution in [-0.2, 0) is 4.79 Å². The standard InChI is InChI=1S/C13H19NO/c1-2-12-4-6-13(10-12,7-5-12)11(15)14-8-3-9-14/h2H,1,3-10H2. The number of carbonyl (C=O) groups excluding carboxylic acids is 1. The van der Waals surface area contributed by atoms with E-state index in [2.05, 4.69) is 17.6 Å². The highest BCUT2D eigenvalue weighted by molar-refractivity contribution is 5.84. The molecule has 0 aromatic carbocycles. The second-order valence-corrected chi connectivity index (χ2v) is 5.67. The fraction of sp³-hybridized carbons (Fsp3) is 0.769. The van der Waals surface area contributed by atoms with E-state index in [1.165, 1.54) is 19.3 Å². The second kappa shape index (κ2) is 2.87. The van der Waals surface area contributed by atoms with Crippen molar-refractivity contribution >= 4 is 5.91 Å². The Morgan fingerprint density at radius 3 is 2.27 bits per heavy atom. The molecule has 0 N–H and O–H groups in total. The van der Waals surface area contributed by atoms with Crippen LogP contribution in [0.3, 0.4) is 0 Å². The number of nitrogens with zero attached hydrogens (tertiary/aromatic N) is 1. The van der Waals surface area contributed by atoms with Crippen LogP contribution >= 0.6 is 0 Å². The van der Waals surface area contributed by atoms with E-state index in [1.807, 2.05) is 0 Å². The first-order valence-electron chi connectivity index (χ1n) is 6.13. The molecule has 2 bridgehead atoms. The van der Waals surface area contributed by atoms with Crippen molar-refractivity contribution in [3.8, 4) is 0 Å². The number of allylic oxidation sites excluding steroid dienone is 1. The Labute approximate surface area is 91.3 Å². The van der Waals surface area contributed by atoms with Crippen molar-refractivity contribution in [2.24, 2.45) is 10.8 Å². The molecule has 1 heterocycles. The van der Waals surface area contributed by atoms with Gasteiger partial charge in [-0.25, -0.2) is 0 Å². The molecule has 15 heavy (non-hydrogen) atoms. The molecule has 3 aliphatic rings. The second-order valence-electron chi connectivity index (χ2n) is 5.67. The first-order chi connectivity index (χ1) is 7.20. The summed E-state index contributed by atoms with van der Waals surface area (Å²) in [5.74, 6) is 0.454. The van der Waals surface area contributed by atoms with E-state index in [1.54, 1.807) is 0 Å². The molecular weight excluding hydrogens is 186 g/mol. The minimum Gasteiger partial charge on any atom is -0.342 e. The van der Waals surface area contributed by atoms with Crippen LogP contribution in [0.15, 0.2) is 12.7 Å². The van der Waals surface area contributed by atoms with Crippen LogP contribution in [-0.4, -0.2) is 23.9 Å². The molecule has 0 radical (unpaired) electrons. The van der Waals surface area contributed by atoms with Gasteiger partial charge >= 0.3 is 0 Å². The SMILES string of the molecule is C=CC12CCC(C(=O)N3CCC3)(CC1)C2. The first-order valence-corrected chi connectivity index (χ1v) is 6.13. The highest BCUT2D eigenvalue weighted by Crippen LogP contribution is 2.62. The van der Waals surface area contributed by atoms with Gasteiger partial charge in [0.1, 0.15) is 0 Å². The topological polar surface area (TPSA) is 20.3 Å². The zero-order chi connectivity index (χ0) is 10.5. The van der Waals surface area contributed by atoms with Crippen molar-refractivity contribution in [3.05, 3.63) is 12.7 Å². The van der Waals surface area contributed by atoms with Gasteiger partial charge in [0.05, 0.1) is 5.41 Å². The molecule has 2 saturated carbocycles. The van der Waals surface area contributed by atoms with Gasteiger partial charge in [-0.3, -0.25) is 4.79 Å². The van der Waals surface area contributed by atoms with Crippen LogP contribution in [0.1, 0.15) is 38.5 Å². The van der Waals surface area contributed by atoms with E-state index < -0.39 is 0 Å². The third-order valence-electron chi connectivity index (χ3n) is 4.92. The Bertz CT molecular complexity index is 308. The lowest BCUT2D eigenvalue weighted by atomic mass is 9.81. The molecule has 0 aromatic heterocycles. The average Bonchev–Trinajstić information content (AvgIpc) is 2.72. The van der Waals surface area contributed by atoms with E-state index in [4.69, 9.17) is 0 Å². The van der Waals surface area contributed by atoms with Gasteiger partial charge in [-0.1, -0.05) is 6.08 Å². The van der Waals surface area contributed by atoms with E-state index in [0.29, 0.717) is 11.3 Å². The summed E-state index contributed by atoms with van der Waals surface area (Å²) in [7, 11) is 0. The van der Waals surface area contributed by atoms with Crippen LogP contribution in [0.2, 0.25) is 0 Å². The normalized spacial score (nSPS) is 42.8. The maximum absolute atomic E-state index is 12.4. The van der Waals surface area contributed by atoms with Crippen molar-refractivity contribution < 1.29 is 4.79 Å². The Morgan fingerprint density at radius 2 is 1.87 bits per heavy atom. The fourth-order valence-corrected chi connectivity index (χ4v) is 3.67. The lowest BCUT2D eigenvalue weighted by Gasteiger charge is -2.38. The van der Waals surface area contributed by atoms with Crippen LogP contribution in [0.5, 0.6) is 0 Å². The van der Waals surface area contributed by atoms with Crippen LogP contribution in [0.25, 0.3) is 0 Å². The van der Waals surface area contributed by atoms with Crippen molar-refractivity contribution in [1.82, 2.24) is 4.90 Å². The van der Waals surface area contributed by atoms with Crippen molar-refractivity contribution in [1.29, 1.82) is 0 Å². The number of carbonyl (C=O) groups is 1. The average molecular weight is 205 g/mol. The van der Waals surface area contributed by atoms with Gasteiger partial charge in [-0.2, -0.15) is 0 Å². The van der Waals surface area contributed by atoms with E-state index in [-0.39, 0.29) is 5.41 Å². The number of hydrogen-bond acceptors (Lipinski definition) is 1. The van der Waals surface area contributed by atoms with Crippen LogP contribution < -0.4 is 0 Å². The molecule has 2 aliphatic carbocycles. The third-order valence-corrected chi connectivity index (χ3v) is 4.92. The highest BCUT2D eigenvalue weighted by Gasteiger charge is 2.57. The van der Waals surface area contributed by atoms with Crippen molar-refractivity contribution in [2.45, 2.75) is 38.5 Å². The zero-order valence-electron chi connectivity index (χ0n) is 9.30. The summed E-state index contributed by atoms with van der Waals surface area (Å²) in [5, 5.41) is 0. The summed E-state index contributed by atoms with van der Waals surface area (Å²) >= 11 is 0. The van der Waals surface area contributed by atoms with Gasteiger partial charge in [0, 0.05) is 13.1 Å².